The van der Waals surface area contributed by atoms with E-state index in [-0.39, 0.29) is 0 Å². The number of aryl methyl sites for hydroxylation is 1. The van der Waals surface area contributed by atoms with Gasteiger partial charge >= 0.3 is 0 Å². The second-order valence-corrected chi connectivity index (χ2v) is 8.93. The van der Waals surface area contributed by atoms with Crippen LogP contribution in [0.5, 0.6) is 5.75 Å². The van der Waals surface area contributed by atoms with Crippen molar-refractivity contribution in [3.05, 3.63) is 29.3 Å². The molecule has 3 aliphatic rings. The highest BCUT2D eigenvalue weighted by atomic mass is 16.5. The lowest BCUT2D eigenvalue weighted by Gasteiger charge is -2.50. The van der Waals surface area contributed by atoms with Crippen molar-refractivity contribution in [2.24, 2.45) is 0 Å². The second kappa shape index (κ2) is 9.60. The molecule has 4 heteroatoms. The van der Waals surface area contributed by atoms with E-state index in [1.54, 1.807) is 5.56 Å². The van der Waals surface area contributed by atoms with Gasteiger partial charge in [0.15, 0.2) is 0 Å². The molecule has 2 heterocycles. The average molecular weight is 387 g/mol. The Morgan fingerprint density at radius 3 is 2.79 bits per heavy atom. The number of fused-ring (bicyclic) bond motifs is 1. The molecule has 0 bridgehead atoms. The van der Waals surface area contributed by atoms with Gasteiger partial charge in [-0.3, -0.25) is 9.80 Å². The minimum absolute atomic E-state index is 0.432. The summed E-state index contributed by atoms with van der Waals surface area (Å²) in [7, 11) is 0. The van der Waals surface area contributed by atoms with Gasteiger partial charge in [-0.05, 0) is 81.3 Å². The van der Waals surface area contributed by atoms with E-state index in [0.717, 1.165) is 51.6 Å². The quantitative estimate of drug-likeness (QED) is 0.664. The normalized spacial score (nSPS) is 26.3. The fraction of sp³-hybridized carbons (Fsp3) is 0.750. The summed E-state index contributed by atoms with van der Waals surface area (Å²) in [5, 5.41) is 0. The Bertz CT molecular complexity index is 627. The summed E-state index contributed by atoms with van der Waals surface area (Å²) in [6.45, 7) is 10.7. The smallest absolute Gasteiger partial charge is 0.119 e. The standard InChI is InChI=1S/C24H38N2O2/c1-2-11-26-13-4-3-9-24(26)10-8-21-19-23(7-6-22(21)20-24)28-16-5-12-25-14-17-27-18-15-25/h6-7,19H,2-5,8-18,20H2,1H3. The summed E-state index contributed by atoms with van der Waals surface area (Å²) in [4.78, 5) is 5.29. The van der Waals surface area contributed by atoms with Crippen molar-refractivity contribution in [1.29, 1.82) is 0 Å². The number of benzene rings is 1. The molecule has 2 aliphatic heterocycles. The monoisotopic (exact) mass is 386 g/mol. The molecule has 2 fully saturated rings. The number of piperidine rings is 1. The summed E-state index contributed by atoms with van der Waals surface area (Å²) in [5.41, 5.74) is 3.52. The molecule has 1 aromatic rings. The Morgan fingerprint density at radius 2 is 1.93 bits per heavy atom. The van der Waals surface area contributed by atoms with E-state index in [4.69, 9.17) is 9.47 Å². The molecule has 0 radical (unpaired) electrons. The molecule has 1 spiro atoms. The van der Waals surface area contributed by atoms with E-state index in [2.05, 4.69) is 34.9 Å². The summed E-state index contributed by atoms with van der Waals surface area (Å²) in [6, 6.07) is 6.88. The molecule has 28 heavy (non-hydrogen) atoms. The average Bonchev–Trinajstić information content (AvgIpc) is 2.74. The van der Waals surface area contributed by atoms with E-state index in [0.29, 0.717) is 5.54 Å². The van der Waals surface area contributed by atoms with Gasteiger partial charge in [0.25, 0.3) is 0 Å². The number of nitrogens with zero attached hydrogens (tertiary/aromatic N) is 2. The number of rotatable bonds is 7. The van der Waals surface area contributed by atoms with Crippen molar-refractivity contribution in [2.45, 2.75) is 63.8 Å². The van der Waals surface area contributed by atoms with E-state index < -0.39 is 0 Å². The molecule has 0 saturated carbocycles. The Labute approximate surface area is 171 Å². The van der Waals surface area contributed by atoms with Crippen molar-refractivity contribution >= 4 is 0 Å². The maximum Gasteiger partial charge on any atom is 0.119 e. The molecule has 1 aromatic carbocycles. The van der Waals surface area contributed by atoms with Gasteiger partial charge in [-0.1, -0.05) is 19.4 Å². The van der Waals surface area contributed by atoms with E-state index >= 15 is 0 Å². The highest BCUT2D eigenvalue weighted by molar-refractivity contribution is 5.39. The topological polar surface area (TPSA) is 24.9 Å². The highest BCUT2D eigenvalue weighted by Crippen LogP contribution is 2.40. The second-order valence-electron chi connectivity index (χ2n) is 8.93. The lowest BCUT2D eigenvalue weighted by Crippen LogP contribution is -2.55. The fourth-order valence-corrected chi connectivity index (χ4v) is 5.46. The molecule has 1 aliphatic carbocycles. The van der Waals surface area contributed by atoms with Crippen molar-refractivity contribution in [1.82, 2.24) is 9.80 Å². The van der Waals surface area contributed by atoms with Gasteiger partial charge < -0.3 is 9.47 Å². The van der Waals surface area contributed by atoms with Gasteiger partial charge in [0.2, 0.25) is 0 Å². The maximum atomic E-state index is 6.09. The van der Waals surface area contributed by atoms with Gasteiger partial charge in [-0.15, -0.1) is 0 Å². The Balaban J connectivity index is 1.31. The third kappa shape index (κ3) is 4.72. The first kappa shape index (κ1) is 20.2. The predicted octanol–water partition coefficient (Wildman–Crippen LogP) is 3.91. The molecule has 0 aromatic heterocycles. The minimum Gasteiger partial charge on any atom is -0.494 e. The summed E-state index contributed by atoms with van der Waals surface area (Å²) >= 11 is 0. The first-order valence-corrected chi connectivity index (χ1v) is 11.6. The number of likely N-dealkylation sites (tertiary alicyclic amines) is 1. The zero-order chi connectivity index (χ0) is 19.2. The van der Waals surface area contributed by atoms with Crippen molar-refractivity contribution < 1.29 is 9.47 Å². The highest BCUT2D eigenvalue weighted by Gasteiger charge is 2.40. The number of hydrogen-bond donors (Lipinski definition) is 0. The van der Waals surface area contributed by atoms with Crippen LogP contribution in [-0.4, -0.2) is 67.9 Å². The van der Waals surface area contributed by atoms with E-state index in [1.807, 2.05) is 0 Å². The molecule has 4 rings (SSSR count). The Morgan fingerprint density at radius 1 is 1.04 bits per heavy atom. The third-order valence-corrected chi connectivity index (χ3v) is 7.03. The molecule has 0 N–H and O–H groups in total. The van der Waals surface area contributed by atoms with Crippen LogP contribution in [0.4, 0.5) is 0 Å². The van der Waals surface area contributed by atoms with Crippen LogP contribution in [0.3, 0.4) is 0 Å². The number of morpholine rings is 1. The van der Waals surface area contributed by atoms with Crippen LogP contribution in [0.2, 0.25) is 0 Å². The van der Waals surface area contributed by atoms with Crippen LogP contribution in [-0.2, 0) is 17.6 Å². The molecule has 1 atom stereocenters. The van der Waals surface area contributed by atoms with E-state index in [1.165, 1.54) is 63.6 Å². The van der Waals surface area contributed by atoms with E-state index in [9.17, 15) is 0 Å². The summed E-state index contributed by atoms with van der Waals surface area (Å²) in [6.07, 6.45) is 10.3. The SMILES string of the molecule is CCCN1CCCCC12CCc1cc(OCCCN3CCOCC3)ccc1C2. The van der Waals surface area contributed by atoms with Crippen LogP contribution < -0.4 is 4.74 Å². The Kier molecular flexibility index (Phi) is 6.92. The number of ether oxygens (including phenoxy) is 2. The molecule has 4 nitrogen and oxygen atoms in total. The van der Waals surface area contributed by atoms with Crippen molar-refractivity contribution in [3.63, 3.8) is 0 Å². The lowest BCUT2D eigenvalue weighted by molar-refractivity contribution is 0.0340. The van der Waals surface area contributed by atoms with Crippen molar-refractivity contribution in [3.8, 4) is 5.75 Å². The predicted molar refractivity (Wildman–Crippen MR) is 114 cm³/mol. The first-order chi connectivity index (χ1) is 13.8. The van der Waals surface area contributed by atoms with Crippen LogP contribution in [0.15, 0.2) is 18.2 Å². The molecular formula is C24H38N2O2. The Hall–Kier alpha value is -1.10. The van der Waals surface area contributed by atoms with Gasteiger partial charge in [0, 0.05) is 25.2 Å². The van der Waals surface area contributed by atoms with Gasteiger partial charge in [0.05, 0.1) is 19.8 Å². The molecular weight excluding hydrogens is 348 g/mol. The van der Waals surface area contributed by atoms with Gasteiger partial charge in [-0.2, -0.15) is 0 Å². The zero-order valence-corrected chi connectivity index (χ0v) is 17.8. The molecule has 2 saturated heterocycles. The molecule has 156 valence electrons. The fourth-order valence-electron chi connectivity index (χ4n) is 5.46. The lowest BCUT2D eigenvalue weighted by atomic mass is 9.72. The van der Waals surface area contributed by atoms with Crippen LogP contribution in [0.25, 0.3) is 0 Å². The largest absolute Gasteiger partial charge is 0.494 e. The van der Waals surface area contributed by atoms with Crippen LogP contribution in [0, 0.1) is 0 Å². The van der Waals surface area contributed by atoms with Gasteiger partial charge in [0.1, 0.15) is 5.75 Å². The first-order valence-electron chi connectivity index (χ1n) is 11.6. The number of hydrogen-bond acceptors (Lipinski definition) is 4. The zero-order valence-electron chi connectivity index (χ0n) is 17.8. The minimum atomic E-state index is 0.432. The van der Waals surface area contributed by atoms with Crippen LogP contribution in [0.1, 0.15) is 56.6 Å². The van der Waals surface area contributed by atoms with Gasteiger partial charge in [-0.25, -0.2) is 0 Å². The van der Waals surface area contributed by atoms with Crippen LogP contribution >= 0.6 is 0 Å². The summed E-state index contributed by atoms with van der Waals surface area (Å²) in [5.74, 6) is 1.06. The summed E-state index contributed by atoms with van der Waals surface area (Å²) < 4.78 is 11.5. The molecule has 0 amide bonds. The maximum absolute atomic E-state index is 6.09. The third-order valence-electron chi connectivity index (χ3n) is 7.03. The van der Waals surface area contributed by atoms with Crippen molar-refractivity contribution in [2.75, 3.05) is 52.5 Å². The molecule has 1 unspecified atom stereocenters.